The summed E-state index contributed by atoms with van der Waals surface area (Å²) in [5.41, 5.74) is 0.846. The number of benzene rings is 1. The molecular formula is C36H48FN5O3. The Morgan fingerprint density at radius 2 is 1.96 bits per heavy atom. The number of fused-ring (bicyclic) bond motifs is 2. The van der Waals surface area contributed by atoms with Crippen molar-refractivity contribution < 1.29 is 18.7 Å². The number of rotatable bonds is 8. The van der Waals surface area contributed by atoms with Crippen LogP contribution >= 0.6 is 0 Å². The summed E-state index contributed by atoms with van der Waals surface area (Å²) >= 11 is 0. The molecule has 3 unspecified atom stereocenters. The molecule has 2 saturated heterocycles. The van der Waals surface area contributed by atoms with E-state index in [2.05, 4.69) is 19.8 Å². The minimum Gasteiger partial charge on any atom is -0.451 e. The molecule has 6 aliphatic rings. The third-order valence-corrected chi connectivity index (χ3v) is 12.2. The van der Waals surface area contributed by atoms with E-state index in [1.807, 2.05) is 20.8 Å². The summed E-state index contributed by atoms with van der Waals surface area (Å²) in [6.45, 7) is 11.7. The second kappa shape index (κ2) is 11.9. The van der Waals surface area contributed by atoms with E-state index in [9.17, 15) is 14.0 Å². The van der Waals surface area contributed by atoms with Gasteiger partial charge >= 0.3 is 0 Å². The van der Waals surface area contributed by atoms with Crippen LogP contribution in [0.15, 0.2) is 30.7 Å². The Balaban J connectivity index is 0.965. The first-order valence-corrected chi connectivity index (χ1v) is 17.2. The molecule has 1 aromatic heterocycles. The number of ether oxygens (including phenoxy) is 1. The first-order chi connectivity index (χ1) is 21.7. The number of likely N-dealkylation sites (tertiary alicyclic amines) is 1. The van der Waals surface area contributed by atoms with Gasteiger partial charge in [-0.15, -0.1) is 0 Å². The Bertz CT molecular complexity index is 1430. The van der Waals surface area contributed by atoms with Crippen LogP contribution in [-0.2, 0) is 4.79 Å². The molecule has 1 aromatic carbocycles. The van der Waals surface area contributed by atoms with Crippen molar-refractivity contribution >= 4 is 17.5 Å². The molecule has 2 aromatic rings. The summed E-state index contributed by atoms with van der Waals surface area (Å²) in [6, 6.07) is 4.07. The Labute approximate surface area is 266 Å². The maximum atomic E-state index is 14.3. The summed E-state index contributed by atoms with van der Waals surface area (Å²) in [6.07, 6.45) is 13.7. The lowest BCUT2D eigenvalue weighted by Gasteiger charge is -2.56. The number of anilines is 1. The molecule has 9 heteroatoms. The fourth-order valence-corrected chi connectivity index (χ4v) is 9.71. The van der Waals surface area contributed by atoms with Crippen LogP contribution < -0.4 is 9.64 Å². The zero-order valence-electron chi connectivity index (χ0n) is 27.1. The van der Waals surface area contributed by atoms with E-state index in [0.29, 0.717) is 29.2 Å². The van der Waals surface area contributed by atoms with Crippen LogP contribution in [0, 0.1) is 34.4 Å². The lowest BCUT2D eigenvalue weighted by atomic mass is 9.52. The number of hydrogen-bond acceptors (Lipinski definition) is 7. The van der Waals surface area contributed by atoms with Gasteiger partial charge in [0.25, 0.3) is 5.91 Å². The van der Waals surface area contributed by atoms with E-state index in [1.165, 1.54) is 69.6 Å². The fourth-order valence-electron chi connectivity index (χ4n) is 9.71. The lowest BCUT2D eigenvalue weighted by molar-refractivity contribution is -0.120. The Kier molecular flexibility index (Phi) is 8.11. The zero-order chi connectivity index (χ0) is 31.3. The number of carbonyl (C=O) groups is 2. The van der Waals surface area contributed by atoms with Crippen molar-refractivity contribution in [3.63, 3.8) is 0 Å². The molecule has 1 amide bonds. The van der Waals surface area contributed by atoms with Crippen LogP contribution in [0.5, 0.6) is 11.5 Å². The van der Waals surface area contributed by atoms with Gasteiger partial charge in [0, 0.05) is 50.5 Å². The number of hydrogen-bond donors (Lipinski definition) is 0. The number of amides is 1. The van der Waals surface area contributed by atoms with E-state index >= 15 is 0 Å². The smallest absolute Gasteiger partial charge is 0.257 e. The van der Waals surface area contributed by atoms with Crippen LogP contribution in [0.1, 0.15) is 88.9 Å². The molecule has 8 nitrogen and oxygen atoms in total. The van der Waals surface area contributed by atoms with Crippen LogP contribution in [0.4, 0.5) is 10.2 Å². The highest BCUT2D eigenvalue weighted by molar-refractivity contribution is 5.97. The van der Waals surface area contributed by atoms with E-state index < -0.39 is 5.82 Å². The third-order valence-electron chi connectivity index (χ3n) is 12.2. The van der Waals surface area contributed by atoms with Crippen molar-refractivity contribution in [1.82, 2.24) is 19.8 Å². The highest BCUT2D eigenvalue weighted by atomic mass is 19.1. The summed E-state index contributed by atoms with van der Waals surface area (Å²) in [5.74, 6) is 3.65. The lowest BCUT2D eigenvalue weighted by Crippen LogP contribution is -2.61. The highest BCUT2D eigenvalue weighted by Crippen LogP contribution is 2.61. The largest absolute Gasteiger partial charge is 0.451 e. The van der Waals surface area contributed by atoms with E-state index in [-0.39, 0.29) is 22.9 Å². The van der Waals surface area contributed by atoms with Gasteiger partial charge in [0.2, 0.25) is 0 Å². The average molecular weight is 618 g/mol. The molecule has 4 aliphatic carbocycles. The Hall–Kier alpha value is -3.07. The van der Waals surface area contributed by atoms with Crippen LogP contribution in [0.25, 0.3) is 0 Å². The normalized spacial score (nSPS) is 29.0. The molecule has 242 valence electrons. The van der Waals surface area contributed by atoms with Crippen LogP contribution in [-0.4, -0.2) is 76.8 Å². The van der Waals surface area contributed by atoms with Gasteiger partial charge in [-0.1, -0.05) is 0 Å². The first kappa shape index (κ1) is 30.6. The van der Waals surface area contributed by atoms with Gasteiger partial charge in [-0.3, -0.25) is 9.59 Å². The molecule has 3 heterocycles. The van der Waals surface area contributed by atoms with Crippen molar-refractivity contribution in [3.8, 4) is 11.5 Å². The number of carbonyl (C=O) groups excluding carboxylic acids is 2. The number of halogens is 1. The summed E-state index contributed by atoms with van der Waals surface area (Å²) in [4.78, 5) is 41.0. The van der Waals surface area contributed by atoms with Crippen molar-refractivity contribution in [1.29, 1.82) is 0 Å². The SMILES string of the molecule is CCN(C(=O)c1cc(F)ccc1Oc1cncnc1N1CC2(CCN(C[C@H]3CC4CCC3CC43CCC(=O)C3)CC2)C1)C(C)C. The standard InChI is InChI=1S/C36H48FN5O3/c1-4-42(24(2)3)34(44)30-16-28(37)7-8-31(30)45-32-19-38-23-39-33(32)41-21-35(22-41)11-13-40(14-12-35)20-26-15-27-6-5-25(26)17-36(27)10-9-29(43)18-36/h7-8,16,19,23-27H,4-6,9-15,17-18,20-22H2,1-3H3/t25?,26-,27?,36?/m1/s1. The van der Waals surface area contributed by atoms with Gasteiger partial charge in [-0.25, -0.2) is 14.4 Å². The number of piperidine rings is 1. The molecular weight excluding hydrogens is 569 g/mol. The number of nitrogens with zero attached hydrogens (tertiary/aromatic N) is 5. The topological polar surface area (TPSA) is 78.9 Å². The van der Waals surface area contributed by atoms with E-state index in [4.69, 9.17) is 4.74 Å². The number of aromatic nitrogens is 2. The van der Waals surface area contributed by atoms with Crippen molar-refractivity contribution in [3.05, 3.63) is 42.1 Å². The fraction of sp³-hybridized carbons (Fsp3) is 0.667. The second-order valence-corrected chi connectivity index (χ2v) is 15.1. The van der Waals surface area contributed by atoms with Crippen molar-refractivity contribution in [2.45, 2.75) is 84.6 Å². The molecule has 6 fully saturated rings. The maximum Gasteiger partial charge on any atom is 0.257 e. The van der Waals surface area contributed by atoms with E-state index in [1.54, 1.807) is 11.1 Å². The molecule has 45 heavy (non-hydrogen) atoms. The Morgan fingerprint density at radius 1 is 1.16 bits per heavy atom. The Morgan fingerprint density at radius 3 is 2.62 bits per heavy atom. The molecule has 2 aliphatic heterocycles. The molecule has 2 spiro atoms. The zero-order valence-corrected chi connectivity index (χ0v) is 27.1. The van der Waals surface area contributed by atoms with Crippen LogP contribution in [0.3, 0.4) is 0 Å². The number of ketones is 1. The monoisotopic (exact) mass is 617 g/mol. The summed E-state index contributed by atoms with van der Waals surface area (Å²) in [7, 11) is 0. The predicted octanol–water partition coefficient (Wildman–Crippen LogP) is 6.36. The van der Waals surface area contributed by atoms with Gasteiger partial charge < -0.3 is 19.4 Å². The van der Waals surface area contributed by atoms with Crippen molar-refractivity contribution in [2.75, 3.05) is 44.2 Å². The third kappa shape index (κ3) is 5.74. The molecule has 4 saturated carbocycles. The van der Waals surface area contributed by atoms with Crippen molar-refractivity contribution in [2.24, 2.45) is 28.6 Å². The molecule has 4 atom stereocenters. The van der Waals surface area contributed by atoms with E-state index in [0.717, 1.165) is 69.0 Å². The van der Waals surface area contributed by atoms with Crippen LogP contribution in [0.2, 0.25) is 0 Å². The number of Topliss-reactive ketones (excluding diaryl/α,β-unsaturated/α-hetero) is 1. The van der Waals surface area contributed by atoms with Gasteiger partial charge in [0.1, 0.15) is 23.7 Å². The van der Waals surface area contributed by atoms with Gasteiger partial charge in [0.05, 0.1) is 11.8 Å². The maximum absolute atomic E-state index is 14.3. The summed E-state index contributed by atoms with van der Waals surface area (Å²) in [5, 5.41) is 0. The minimum absolute atomic E-state index is 0.0216. The molecule has 0 N–H and O–H groups in total. The van der Waals surface area contributed by atoms with Gasteiger partial charge in [0.15, 0.2) is 11.6 Å². The minimum atomic E-state index is -0.476. The van der Waals surface area contributed by atoms with Gasteiger partial charge in [-0.05, 0) is 120 Å². The molecule has 0 radical (unpaired) electrons. The quantitative estimate of drug-likeness (QED) is 0.341. The highest BCUT2D eigenvalue weighted by Gasteiger charge is 2.54. The molecule has 8 rings (SSSR count). The predicted molar refractivity (Wildman–Crippen MR) is 171 cm³/mol. The van der Waals surface area contributed by atoms with Gasteiger partial charge in [-0.2, -0.15) is 0 Å². The average Bonchev–Trinajstić information content (AvgIpc) is 3.38. The summed E-state index contributed by atoms with van der Waals surface area (Å²) < 4.78 is 20.6. The second-order valence-electron chi connectivity index (χ2n) is 15.1. The molecule has 2 bridgehead atoms. The first-order valence-electron chi connectivity index (χ1n) is 17.2.